The maximum Gasteiger partial charge on any atom is 0.330 e. The zero-order valence-corrected chi connectivity index (χ0v) is 23.1. The van der Waals surface area contributed by atoms with Crippen LogP contribution in [-0.4, -0.2) is 63.0 Å². The first kappa shape index (κ1) is 27.0. The number of likely N-dealkylation sites (tertiary alicyclic amines) is 1. The average Bonchev–Trinajstić information content (AvgIpc) is 3.32. The SMILES string of the molecule is Cc1nc(C)n2c1CN(CCC1CCN(C(=O)[C@H](NC(=O)Nc3ccc(Cl)cc3)C(C)(C)C)CC1)C2=O. The highest BCUT2D eigenvalue weighted by atomic mass is 35.5. The fourth-order valence-electron chi connectivity index (χ4n) is 5.16. The molecule has 0 unspecified atom stereocenters. The lowest BCUT2D eigenvalue weighted by Crippen LogP contribution is -2.56. The van der Waals surface area contributed by atoms with Gasteiger partial charge in [-0.3, -0.25) is 9.36 Å². The Hall–Kier alpha value is -3.07. The quantitative estimate of drug-likeness (QED) is 0.562. The Balaban J connectivity index is 1.28. The Labute approximate surface area is 223 Å². The number of aryl methyl sites for hydroxylation is 2. The first-order valence-electron chi connectivity index (χ1n) is 12.9. The molecule has 2 aromatic rings. The first-order valence-corrected chi connectivity index (χ1v) is 13.3. The third-order valence-corrected chi connectivity index (χ3v) is 7.62. The largest absolute Gasteiger partial charge is 0.341 e. The third-order valence-electron chi connectivity index (χ3n) is 7.37. The molecule has 0 saturated carbocycles. The normalized spacial score (nSPS) is 17.1. The Kier molecular flexibility index (Phi) is 7.83. The maximum absolute atomic E-state index is 13.5. The zero-order chi connectivity index (χ0) is 26.9. The minimum Gasteiger partial charge on any atom is -0.341 e. The highest BCUT2D eigenvalue weighted by Crippen LogP contribution is 2.28. The number of nitrogens with one attached hydrogen (secondary N) is 2. The Morgan fingerprint density at radius 3 is 2.38 bits per heavy atom. The molecule has 1 saturated heterocycles. The number of imidazole rings is 1. The third kappa shape index (κ3) is 6.09. The number of hydrogen-bond acceptors (Lipinski definition) is 4. The standard InChI is InChI=1S/C27H37ClN6O3/c1-17-22-16-33(26(37)34(22)18(2)29-17)15-12-19-10-13-32(14-11-19)24(35)23(27(3,4)5)31-25(36)30-21-8-6-20(28)7-9-21/h6-9,19,23H,10-16H2,1-5H3,(H2,30,31,36)/t23-/m0/s1. The van der Waals surface area contributed by atoms with Crippen molar-refractivity contribution in [1.82, 2.24) is 24.7 Å². The van der Waals surface area contributed by atoms with Gasteiger partial charge in [-0.2, -0.15) is 0 Å². The lowest BCUT2D eigenvalue weighted by Gasteiger charge is -2.38. The van der Waals surface area contributed by atoms with E-state index >= 15 is 0 Å². The van der Waals surface area contributed by atoms with E-state index in [-0.39, 0.29) is 11.9 Å². The maximum atomic E-state index is 13.5. The second kappa shape index (κ2) is 10.7. The van der Waals surface area contributed by atoms with Gasteiger partial charge in [0.2, 0.25) is 5.91 Å². The van der Waals surface area contributed by atoms with Crippen molar-refractivity contribution < 1.29 is 14.4 Å². The molecular formula is C27H37ClN6O3. The molecule has 1 atom stereocenters. The molecule has 4 rings (SSSR count). The summed E-state index contributed by atoms with van der Waals surface area (Å²) in [6.07, 6.45) is 2.68. The molecule has 9 nitrogen and oxygen atoms in total. The van der Waals surface area contributed by atoms with Crippen LogP contribution in [0.15, 0.2) is 24.3 Å². The Morgan fingerprint density at radius 1 is 1.14 bits per heavy atom. The van der Waals surface area contributed by atoms with Gasteiger partial charge in [0.25, 0.3) is 0 Å². The van der Waals surface area contributed by atoms with Gasteiger partial charge < -0.3 is 20.4 Å². The van der Waals surface area contributed by atoms with E-state index in [1.165, 1.54) is 0 Å². The molecule has 2 aliphatic rings. The van der Waals surface area contributed by atoms with Crippen LogP contribution in [0.25, 0.3) is 0 Å². The molecule has 1 fully saturated rings. The van der Waals surface area contributed by atoms with E-state index < -0.39 is 17.5 Å². The topological polar surface area (TPSA) is 99.6 Å². The van der Waals surface area contributed by atoms with Crippen LogP contribution in [0.2, 0.25) is 5.02 Å². The number of hydrogen-bond donors (Lipinski definition) is 2. The van der Waals surface area contributed by atoms with Crippen molar-refractivity contribution in [2.75, 3.05) is 25.0 Å². The summed E-state index contributed by atoms with van der Waals surface area (Å²) in [5.74, 6) is 1.13. The van der Waals surface area contributed by atoms with E-state index in [4.69, 9.17) is 11.6 Å². The molecule has 10 heteroatoms. The van der Waals surface area contributed by atoms with E-state index in [2.05, 4.69) is 15.6 Å². The van der Waals surface area contributed by atoms with Crippen LogP contribution in [0, 0.1) is 25.2 Å². The minimum atomic E-state index is -0.659. The summed E-state index contributed by atoms with van der Waals surface area (Å²) in [6.45, 7) is 12.3. The highest BCUT2D eigenvalue weighted by Gasteiger charge is 2.37. The van der Waals surface area contributed by atoms with Gasteiger partial charge in [-0.25, -0.2) is 14.6 Å². The summed E-state index contributed by atoms with van der Waals surface area (Å²) < 4.78 is 1.72. The predicted octanol–water partition coefficient (Wildman–Crippen LogP) is 4.80. The number of benzene rings is 1. The smallest absolute Gasteiger partial charge is 0.330 e. The number of nitrogens with zero attached hydrogens (tertiary/aromatic N) is 4. The number of amides is 4. The minimum absolute atomic E-state index is 0.0108. The molecule has 0 aliphatic carbocycles. The zero-order valence-electron chi connectivity index (χ0n) is 22.3. The van der Waals surface area contributed by atoms with Crippen LogP contribution in [0.5, 0.6) is 0 Å². The molecule has 2 N–H and O–H groups in total. The van der Waals surface area contributed by atoms with Gasteiger partial charge >= 0.3 is 12.1 Å². The van der Waals surface area contributed by atoms with E-state index in [0.717, 1.165) is 36.5 Å². The van der Waals surface area contributed by atoms with Crippen LogP contribution in [0.3, 0.4) is 0 Å². The van der Waals surface area contributed by atoms with Crippen molar-refractivity contribution in [3.05, 3.63) is 46.5 Å². The molecule has 0 spiro atoms. The van der Waals surface area contributed by atoms with Gasteiger partial charge in [-0.15, -0.1) is 0 Å². The Morgan fingerprint density at radius 2 is 1.78 bits per heavy atom. The van der Waals surface area contributed by atoms with Crippen molar-refractivity contribution in [2.24, 2.45) is 11.3 Å². The molecule has 2 aliphatic heterocycles. The number of halogens is 1. The van der Waals surface area contributed by atoms with Crippen molar-refractivity contribution in [1.29, 1.82) is 0 Å². The fraction of sp³-hybridized carbons (Fsp3) is 0.556. The number of carbonyl (C=O) groups excluding carboxylic acids is 3. The molecule has 4 amide bonds. The summed E-state index contributed by atoms with van der Waals surface area (Å²) in [5.41, 5.74) is 2.06. The number of urea groups is 1. The van der Waals surface area contributed by atoms with Crippen LogP contribution >= 0.6 is 11.6 Å². The van der Waals surface area contributed by atoms with Crippen molar-refractivity contribution in [3.63, 3.8) is 0 Å². The molecular weight excluding hydrogens is 492 g/mol. The summed E-state index contributed by atoms with van der Waals surface area (Å²) in [4.78, 5) is 47.1. The molecule has 37 heavy (non-hydrogen) atoms. The number of fused-ring (bicyclic) bond motifs is 1. The van der Waals surface area contributed by atoms with Gasteiger partial charge in [0, 0.05) is 30.3 Å². The lowest BCUT2D eigenvalue weighted by atomic mass is 9.85. The van der Waals surface area contributed by atoms with E-state index in [1.54, 1.807) is 28.8 Å². The first-order chi connectivity index (χ1) is 17.4. The van der Waals surface area contributed by atoms with Gasteiger partial charge in [-0.1, -0.05) is 32.4 Å². The predicted molar refractivity (Wildman–Crippen MR) is 144 cm³/mol. The molecule has 0 bridgehead atoms. The number of anilines is 1. The van der Waals surface area contributed by atoms with Crippen molar-refractivity contribution >= 4 is 35.3 Å². The van der Waals surface area contributed by atoms with Crippen molar-refractivity contribution in [3.8, 4) is 0 Å². The molecule has 3 heterocycles. The average molecular weight is 529 g/mol. The second-order valence-corrected chi connectivity index (χ2v) is 11.6. The van der Waals surface area contributed by atoms with Crippen molar-refractivity contribution in [2.45, 2.75) is 66.5 Å². The van der Waals surface area contributed by atoms with Crippen LogP contribution in [0.4, 0.5) is 15.3 Å². The van der Waals surface area contributed by atoms with Gasteiger partial charge in [0.1, 0.15) is 11.9 Å². The molecule has 1 aromatic heterocycles. The van der Waals surface area contributed by atoms with Gasteiger partial charge in [0.15, 0.2) is 0 Å². The Bertz CT molecular complexity index is 1160. The number of aromatic nitrogens is 2. The summed E-state index contributed by atoms with van der Waals surface area (Å²) in [5, 5.41) is 6.25. The molecule has 0 radical (unpaired) electrons. The van der Waals surface area contributed by atoms with E-state index in [9.17, 15) is 14.4 Å². The second-order valence-electron chi connectivity index (χ2n) is 11.2. The van der Waals surface area contributed by atoms with E-state index in [0.29, 0.717) is 42.8 Å². The van der Waals surface area contributed by atoms with Gasteiger partial charge in [-0.05, 0) is 68.7 Å². The highest BCUT2D eigenvalue weighted by molar-refractivity contribution is 6.30. The van der Waals surface area contributed by atoms with Gasteiger partial charge in [0.05, 0.1) is 17.9 Å². The number of rotatable bonds is 6. The lowest BCUT2D eigenvalue weighted by molar-refractivity contribution is -0.137. The van der Waals surface area contributed by atoms with Crippen LogP contribution in [-0.2, 0) is 11.3 Å². The molecule has 200 valence electrons. The summed E-state index contributed by atoms with van der Waals surface area (Å²) in [6, 6.07) is 5.76. The van der Waals surface area contributed by atoms with Crippen LogP contribution < -0.4 is 10.6 Å². The monoisotopic (exact) mass is 528 g/mol. The summed E-state index contributed by atoms with van der Waals surface area (Å²) in [7, 11) is 0. The fourth-order valence-corrected chi connectivity index (χ4v) is 5.29. The number of carbonyl (C=O) groups is 3. The van der Waals surface area contributed by atoms with Crippen LogP contribution in [0.1, 0.15) is 57.2 Å². The number of piperidine rings is 1. The summed E-state index contributed by atoms with van der Waals surface area (Å²) >= 11 is 5.92. The van der Waals surface area contributed by atoms with E-state index in [1.807, 2.05) is 44.4 Å². The molecule has 1 aromatic carbocycles.